The monoisotopic (exact) mass is 446 g/mol. The molecule has 7 heteroatoms. The Balaban J connectivity index is 0.00000192. The van der Waals surface area contributed by atoms with E-state index in [0.29, 0.717) is 10.8 Å². The van der Waals surface area contributed by atoms with Gasteiger partial charge in [-0.2, -0.15) is 0 Å². The van der Waals surface area contributed by atoms with E-state index in [1.54, 1.807) is 18.3 Å². The number of halogens is 2. The largest absolute Gasteiger partial charge is 1.00 e. The lowest BCUT2D eigenvalue weighted by molar-refractivity contribution is -0.671. The van der Waals surface area contributed by atoms with Crippen molar-refractivity contribution in [1.29, 1.82) is 0 Å². The van der Waals surface area contributed by atoms with Crippen LogP contribution in [0, 0.1) is 17.0 Å². The third-order valence-corrected chi connectivity index (χ3v) is 3.96. The van der Waals surface area contributed by atoms with E-state index in [0.717, 1.165) is 29.5 Å². The Morgan fingerprint density at radius 3 is 2.61 bits per heavy atom. The smallest absolute Gasteiger partial charge is 0.311 e. The van der Waals surface area contributed by atoms with Gasteiger partial charge in [-0.1, -0.05) is 11.6 Å². The van der Waals surface area contributed by atoms with Gasteiger partial charge >= 0.3 is 5.69 Å². The van der Waals surface area contributed by atoms with Gasteiger partial charge in [0.25, 0.3) is 0 Å². The molecule has 5 nitrogen and oxygen atoms in total. The van der Waals surface area contributed by atoms with Crippen molar-refractivity contribution < 1.29 is 38.2 Å². The Hall–Kier alpha value is -1.41. The molecular formula is C16H16ClIN2O3. The molecule has 1 aromatic carbocycles. The minimum Gasteiger partial charge on any atom is -1.00 e. The van der Waals surface area contributed by atoms with E-state index < -0.39 is 4.92 Å². The summed E-state index contributed by atoms with van der Waals surface area (Å²) in [4.78, 5) is 10.8. The summed E-state index contributed by atoms with van der Waals surface area (Å²) in [5.74, 6) is 0.317. The second kappa shape index (κ2) is 7.00. The first kappa shape index (κ1) is 17.9. The fourth-order valence-electron chi connectivity index (χ4n) is 2.35. The van der Waals surface area contributed by atoms with E-state index in [9.17, 15) is 10.1 Å². The summed E-state index contributed by atoms with van der Waals surface area (Å²) in [5.41, 5.74) is 2.50. The Kier molecular flexibility index (Phi) is 5.46. The topological polar surface area (TPSA) is 56.3 Å². The van der Waals surface area contributed by atoms with E-state index in [-0.39, 0.29) is 35.8 Å². The van der Waals surface area contributed by atoms with Crippen molar-refractivity contribution in [2.45, 2.75) is 25.9 Å². The summed E-state index contributed by atoms with van der Waals surface area (Å²) >= 11 is 6.31. The average Bonchev–Trinajstić information content (AvgIpc) is 3.25. The number of ether oxygens (including phenoxy) is 1. The molecule has 23 heavy (non-hydrogen) atoms. The fraction of sp³-hybridized carbons (Fsp3) is 0.312. The van der Waals surface area contributed by atoms with Crippen LogP contribution in [-0.2, 0) is 7.05 Å². The lowest BCUT2D eigenvalue weighted by atomic mass is 10.00. The molecule has 1 aliphatic rings. The second-order valence-corrected chi connectivity index (χ2v) is 5.99. The standard InChI is InChI=1S/C16H16ClN2O3.HI/c1-10-7-15(19(20)21)16(22-11-3-4-11)8-13(10)12-5-6-18(2)9-14(12)17;/h5-9,11H,3-4H2,1-2H3;1H/q+1;/p-1. The quantitative estimate of drug-likeness (QED) is 0.299. The molecule has 1 saturated carbocycles. The average molecular weight is 447 g/mol. The zero-order valence-electron chi connectivity index (χ0n) is 12.8. The summed E-state index contributed by atoms with van der Waals surface area (Å²) in [5, 5.41) is 11.8. The van der Waals surface area contributed by atoms with Crippen LogP contribution in [0.3, 0.4) is 0 Å². The van der Waals surface area contributed by atoms with Crippen molar-refractivity contribution in [2.24, 2.45) is 7.05 Å². The Labute approximate surface area is 156 Å². The molecule has 0 bridgehead atoms. The van der Waals surface area contributed by atoms with Gasteiger partial charge in [0.05, 0.1) is 11.0 Å². The molecule has 0 saturated heterocycles. The SMILES string of the molecule is Cc1cc([N+](=O)[O-])c(OC2CC2)cc1-c1cc[n+](C)cc1Cl.[I-]. The van der Waals surface area contributed by atoms with Crippen molar-refractivity contribution >= 4 is 17.3 Å². The Morgan fingerprint density at radius 2 is 2.04 bits per heavy atom. The van der Waals surface area contributed by atoms with Crippen LogP contribution in [0.5, 0.6) is 5.75 Å². The lowest BCUT2D eigenvalue weighted by Crippen LogP contribution is -3.00. The maximum absolute atomic E-state index is 11.2. The third kappa shape index (κ3) is 3.92. The predicted molar refractivity (Wildman–Crippen MR) is 83.1 cm³/mol. The number of hydrogen-bond acceptors (Lipinski definition) is 3. The molecule has 0 radical (unpaired) electrons. The first-order chi connectivity index (χ1) is 10.5. The molecule has 1 aliphatic carbocycles. The van der Waals surface area contributed by atoms with E-state index >= 15 is 0 Å². The minimum atomic E-state index is -0.402. The number of benzene rings is 1. The van der Waals surface area contributed by atoms with Gasteiger partial charge in [-0.3, -0.25) is 10.1 Å². The minimum absolute atomic E-state index is 0. The van der Waals surface area contributed by atoms with Gasteiger partial charge in [-0.15, -0.1) is 0 Å². The van der Waals surface area contributed by atoms with Crippen LogP contribution in [0.25, 0.3) is 11.1 Å². The van der Waals surface area contributed by atoms with E-state index in [4.69, 9.17) is 16.3 Å². The number of pyridine rings is 1. The first-order valence-electron chi connectivity index (χ1n) is 7.06. The summed E-state index contributed by atoms with van der Waals surface area (Å²) in [6.45, 7) is 1.84. The molecule has 3 rings (SSSR count). The maximum atomic E-state index is 11.2. The van der Waals surface area contributed by atoms with Crippen LogP contribution in [0.2, 0.25) is 5.02 Å². The molecule has 0 amide bonds. The van der Waals surface area contributed by atoms with Crippen LogP contribution in [0.4, 0.5) is 5.69 Å². The van der Waals surface area contributed by atoms with Crippen molar-refractivity contribution in [1.82, 2.24) is 0 Å². The number of hydrogen-bond donors (Lipinski definition) is 0. The zero-order valence-corrected chi connectivity index (χ0v) is 15.7. The zero-order chi connectivity index (χ0) is 15.9. The number of nitrogens with zero attached hydrogens (tertiary/aromatic N) is 2. The van der Waals surface area contributed by atoms with Crippen molar-refractivity contribution in [3.8, 4) is 16.9 Å². The summed E-state index contributed by atoms with van der Waals surface area (Å²) < 4.78 is 7.56. The second-order valence-electron chi connectivity index (χ2n) is 5.58. The molecule has 0 unspecified atom stereocenters. The van der Waals surface area contributed by atoms with Crippen LogP contribution >= 0.6 is 11.6 Å². The van der Waals surface area contributed by atoms with Gasteiger partial charge < -0.3 is 28.7 Å². The van der Waals surface area contributed by atoms with E-state index in [2.05, 4.69) is 0 Å². The van der Waals surface area contributed by atoms with E-state index in [1.165, 1.54) is 0 Å². The number of nitro benzene ring substituents is 1. The molecule has 1 heterocycles. The number of aryl methyl sites for hydroxylation is 2. The molecular weight excluding hydrogens is 431 g/mol. The molecule has 0 spiro atoms. The third-order valence-electron chi connectivity index (χ3n) is 3.66. The van der Waals surface area contributed by atoms with Gasteiger partial charge in [-0.25, -0.2) is 4.57 Å². The van der Waals surface area contributed by atoms with Gasteiger partial charge in [0, 0.05) is 17.7 Å². The van der Waals surface area contributed by atoms with Crippen molar-refractivity contribution in [2.75, 3.05) is 0 Å². The van der Waals surface area contributed by atoms with Crippen molar-refractivity contribution in [3.05, 3.63) is 51.3 Å². The van der Waals surface area contributed by atoms with Gasteiger partial charge in [0.15, 0.2) is 18.1 Å². The highest BCUT2D eigenvalue weighted by Crippen LogP contribution is 2.39. The highest BCUT2D eigenvalue weighted by atomic mass is 127. The fourth-order valence-corrected chi connectivity index (χ4v) is 2.67. The summed E-state index contributed by atoms with van der Waals surface area (Å²) in [6, 6.07) is 5.18. The molecule has 1 aromatic heterocycles. The molecule has 122 valence electrons. The predicted octanol–water partition coefficient (Wildman–Crippen LogP) is 0.593. The first-order valence-corrected chi connectivity index (χ1v) is 7.44. The Morgan fingerprint density at radius 1 is 1.35 bits per heavy atom. The summed E-state index contributed by atoms with van der Waals surface area (Å²) in [7, 11) is 1.89. The summed E-state index contributed by atoms with van der Waals surface area (Å²) in [6.07, 6.45) is 5.69. The number of rotatable bonds is 4. The maximum Gasteiger partial charge on any atom is 0.311 e. The van der Waals surface area contributed by atoms with Crippen molar-refractivity contribution in [3.63, 3.8) is 0 Å². The highest BCUT2D eigenvalue weighted by molar-refractivity contribution is 6.33. The van der Waals surface area contributed by atoms with Crippen LogP contribution in [0.1, 0.15) is 18.4 Å². The van der Waals surface area contributed by atoms with Crippen LogP contribution < -0.4 is 33.3 Å². The van der Waals surface area contributed by atoms with Gasteiger partial charge in [0.2, 0.25) is 0 Å². The lowest BCUT2D eigenvalue weighted by Gasteiger charge is -2.11. The van der Waals surface area contributed by atoms with Gasteiger partial charge in [0.1, 0.15) is 12.1 Å². The number of nitro groups is 1. The molecule has 0 aliphatic heterocycles. The number of aromatic nitrogens is 1. The molecule has 1 fully saturated rings. The van der Waals surface area contributed by atoms with E-state index in [1.807, 2.05) is 30.8 Å². The van der Waals surface area contributed by atoms with Gasteiger partial charge in [-0.05, 0) is 37.0 Å². The van der Waals surface area contributed by atoms with Crippen LogP contribution in [-0.4, -0.2) is 11.0 Å². The molecule has 0 atom stereocenters. The molecule has 0 N–H and O–H groups in total. The molecule has 2 aromatic rings. The van der Waals surface area contributed by atoms with Crippen LogP contribution in [0.15, 0.2) is 30.6 Å². The normalized spacial score (nSPS) is 13.3. The Bertz CT molecular complexity index is 763. The highest BCUT2D eigenvalue weighted by Gasteiger charge is 2.28.